The molecule has 1 aliphatic heterocycles. The lowest BCUT2D eigenvalue weighted by Crippen LogP contribution is -2.52. The standard InChI is InChI=1S/C24H22FN3O5S/c1-2-33-22-10-6-4-8-19(22)26-23(29)15-21-24(30)27-18-7-3-5-9-20(18)28(21)34(31,32)17-13-11-16(25)12-14-17/h3-14,21H,2,15H2,1H3,(H,26,29)(H,27,30)/t21-/m1/s1. The first-order valence-corrected chi connectivity index (χ1v) is 12.0. The van der Waals surface area contributed by atoms with Crippen LogP contribution in [0.25, 0.3) is 0 Å². The van der Waals surface area contributed by atoms with Crippen molar-refractivity contribution >= 4 is 38.9 Å². The predicted molar refractivity (Wildman–Crippen MR) is 126 cm³/mol. The van der Waals surface area contributed by atoms with Gasteiger partial charge in [0.1, 0.15) is 17.6 Å². The van der Waals surface area contributed by atoms with E-state index in [9.17, 15) is 22.4 Å². The minimum absolute atomic E-state index is 0.203. The molecule has 0 bridgehead atoms. The second-order valence-corrected chi connectivity index (χ2v) is 9.27. The third-order valence-corrected chi connectivity index (χ3v) is 7.03. The summed E-state index contributed by atoms with van der Waals surface area (Å²) in [6.07, 6.45) is -0.457. The number of nitrogens with zero attached hydrogens (tertiary/aromatic N) is 1. The van der Waals surface area contributed by atoms with E-state index >= 15 is 0 Å². The summed E-state index contributed by atoms with van der Waals surface area (Å²) < 4.78 is 47.0. The molecule has 3 aromatic carbocycles. The van der Waals surface area contributed by atoms with Crippen LogP contribution in [-0.4, -0.2) is 32.9 Å². The maximum Gasteiger partial charge on any atom is 0.265 e. The zero-order chi connectivity index (χ0) is 24.3. The van der Waals surface area contributed by atoms with E-state index < -0.39 is 40.1 Å². The minimum Gasteiger partial charge on any atom is -0.492 e. The van der Waals surface area contributed by atoms with Gasteiger partial charge in [-0.05, 0) is 55.5 Å². The van der Waals surface area contributed by atoms with Gasteiger partial charge in [-0.25, -0.2) is 12.8 Å². The number of ether oxygens (including phenoxy) is 1. The lowest BCUT2D eigenvalue weighted by molar-refractivity contribution is -0.122. The number of hydrogen-bond donors (Lipinski definition) is 2. The number of fused-ring (bicyclic) bond motifs is 1. The maximum absolute atomic E-state index is 13.6. The molecule has 4 rings (SSSR count). The number of benzene rings is 3. The second kappa shape index (κ2) is 9.52. The van der Waals surface area contributed by atoms with Gasteiger partial charge < -0.3 is 15.4 Å². The van der Waals surface area contributed by atoms with Crippen molar-refractivity contribution in [1.82, 2.24) is 0 Å². The summed E-state index contributed by atoms with van der Waals surface area (Å²) in [5.41, 5.74) is 0.898. The van der Waals surface area contributed by atoms with E-state index in [4.69, 9.17) is 4.74 Å². The van der Waals surface area contributed by atoms with Crippen LogP contribution in [-0.2, 0) is 19.6 Å². The molecule has 10 heteroatoms. The Kier molecular flexibility index (Phi) is 6.51. The first kappa shape index (κ1) is 23.2. The summed E-state index contributed by atoms with van der Waals surface area (Å²) in [7, 11) is -4.31. The molecular weight excluding hydrogens is 461 g/mol. The number of carbonyl (C=O) groups excluding carboxylic acids is 2. The van der Waals surface area contributed by atoms with E-state index in [2.05, 4.69) is 10.6 Å². The van der Waals surface area contributed by atoms with Crippen molar-refractivity contribution in [3.63, 3.8) is 0 Å². The summed E-state index contributed by atoms with van der Waals surface area (Å²) in [6.45, 7) is 2.19. The van der Waals surface area contributed by atoms with Crippen molar-refractivity contribution < 1.29 is 27.1 Å². The predicted octanol–water partition coefficient (Wildman–Crippen LogP) is 3.77. The van der Waals surface area contributed by atoms with Crippen molar-refractivity contribution in [3.8, 4) is 5.75 Å². The lowest BCUT2D eigenvalue weighted by Gasteiger charge is -2.36. The molecule has 8 nitrogen and oxygen atoms in total. The van der Waals surface area contributed by atoms with Gasteiger partial charge in [-0.1, -0.05) is 24.3 Å². The molecule has 1 atom stereocenters. The average Bonchev–Trinajstić information content (AvgIpc) is 2.81. The van der Waals surface area contributed by atoms with Crippen LogP contribution in [0.4, 0.5) is 21.5 Å². The maximum atomic E-state index is 13.6. The minimum atomic E-state index is -4.31. The SMILES string of the molecule is CCOc1ccccc1NC(=O)C[C@@H]1C(=O)Nc2ccccc2N1S(=O)(=O)c1ccc(F)cc1. The Bertz CT molecular complexity index is 1330. The summed E-state index contributed by atoms with van der Waals surface area (Å²) in [5.74, 6) is -1.38. The highest BCUT2D eigenvalue weighted by molar-refractivity contribution is 7.93. The second-order valence-electron chi connectivity index (χ2n) is 7.46. The van der Waals surface area contributed by atoms with Gasteiger partial charge in [0.05, 0.1) is 35.0 Å². The number of anilines is 3. The van der Waals surface area contributed by atoms with Crippen LogP contribution in [0.2, 0.25) is 0 Å². The van der Waals surface area contributed by atoms with Crippen molar-refractivity contribution in [2.75, 3.05) is 21.5 Å². The van der Waals surface area contributed by atoms with E-state index in [1.807, 2.05) is 0 Å². The van der Waals surface area contributed by atoms with Crippen LogP contribution < -0.4 is 19.7 Å². The molecule has 2 amide bonds. The summed E-state index contributed by atoms with van der Waals surface area (Å²) in [5, 5.41) is 5.36. The van der Waals surface area contributed by atoms with Gasteiger partial charge in [-0.2, -0.15) is 0 Å². The number of rotatable bonds is 7. The van der Waals surface area contributed by atoms with Crippen LogP contribution in [0.5, 0.6) is 5.75 Å². The molecular formula is C24H22FN3O5S. The number of halogens is 1. The van der Waals surface area contributed by atoms with Crippen molar-refractivity contribution in [1.29, 1.82) is 0 Å². The fourth-order valence-electron chi connectivity index (χ4n) is 3.68. The number of nitrogens with one attached hydrogen (secondary N) is 2. The zero-order valence-corrected chi connectivity index (χ0v) is 19.0. The fourth-order valence-corrected chi connectivity index (χ4v) is 5.31. The van der Waals surface area contributed by atoms with Gasteiger partial charge in [0.2, 0.25) is 11.8 Å². The third-order valence-electron chi connectivity index (χ3n) is 5.20. The Balaban J connectivity index is 1.70. The summed E-state index contributed by atoms with van der Waals surface area (Å²) in [6, 6.07) is 16.1. The zero-order valence-electron chi connectivity index (χ0n) is 18.2. The van der Waals surface area contributed by atoms with Gasteiger partial charge in [0.25, 0.3) is 10.0 Å². The van der Waals surface area contributed by atoms with E-state index in [1.54, 1.807) is 49.4 Å². The molecule has 0 saturated heterocycles. The molecule has 3 aromatic rings. The van der Waals surface area contributed by atoms with Crippen LogP contribution in [0.1, 0.15) is 13.3 Å². The van der Waals surface area contributed by atoms with Gasteiger partial charge in [0.15, 0.2) is 0 Å². The van der Waals surface area contributed by atoms with E-state index in [0.29, 0.717) is 18.0 Å². The summed E-state index contributed by atoms with van der Waals surface area (Å²) >= 11 is 0. The molecule has 0 fully saturated rings. The highest BCUT2D eigenvalue weighted by atomic mass is 32.2. The van der Waals surface area contributed by atoms with Crippen LogP contribution in [0.15, 0.2) is 77.7 Å². The van der Waals surface area contributed by atoms with Crippen LogP contribution in [0.3, 0.4) is 0 Å². The van der Waals surface area contributed by atoms with Crippen molar-refractivity contribution in [2.45, 2.75) is 24.3 Å². The first-order valence-electron chi connectivity index (χ1n) is 10.5. The van der Waals surface area contributed by atoms with Gasteiger partial charge >= 0.3 is 0 Å². The topological polar surface area (TPSA) is 105 Å². The van der Waals surface area contributed by atoms with E-state index in [0.717, 1.165) is 28.6 Å². The summed E-state index contributed by atoms with van der Waals surface area (Å²) in [4.78, 5) is 25.7. The van der Waals surface area contributed by atoms with Crippen molar-refractivity contribution in [3.05, 3.63) is 78.6 Å². The van der Waals surface area contributed by atoms with E-state index in [-0.39, 0.29) is 16.3 Å². The third kappa shape index (κ3) is 4.58. The van der Waals surface area contributed by atoms with Gasteiger partial charge in [-0.15, -0.1) is 0 Å². The highest BCUT2D eigenvalue weighted by Crippen LogP contribution is 2.37. The molecule has 34 heavy (non-hydrogen) atoms. The Labute approximate surface area is 196 Å². The number of para-hydroxylation sites is 4. The molecule has 0 aromatic heterocycles. The Hall–Kier alpha value is -3.92. The fraction of sp³-hybridized carbons (Fsp3) is 0.167. The Morgan fingerprint density at radius 1 is 1.06 bits per heavy atom. The Morgan fingerprint density at radius 2 is 1.74 bits per heavy atom. The number of amides is 2. The van der Waals surface area contributed by atoms with Gasteiger partial charge in [-0.3, -0.25) is 13.9 Å². The Morgan fingerprint density at radius 3 is 2.47 bits per heavy atom. The molecule has 1 heterocycles. The molecule has 0 radical (unpaired) electrons. The number of sulfonamides is 1. The quantitative estimate of drug-likeness (QED) is 0.532. The molecule has 2 N–H and O–H groups in total. The highest BCUT2D eigenvalue weighted by Gasteiger charge is 2.42. The monoisotopic (exact) mass is 483 g/mol. The average molecular weight is 484 g/mol. The lowest BCUT2D eigenvalue weighted by atomic mass is 10.1. The van der Waals surface area contributed by atoms with Crippen molar-refractivity contribution in [2.24, 2.45) is 0 Å². The van der Waals surface area contributed by atoms with Crippen LogP contribution in [0, 0.1) is 5.82 Å². The van der Waals surface area contributed by atoms with Gasteiger partial charge in [0, 0.05) is 0 Å². The van der Waals surface area contributed by atoms with E-state index in [1.165, 1.54) is 6.07 Å². The normalized spacial score (nSPS) is 15.3. The largest absolute Gasteiger partial charge is 0.492 e. The molecule has 0 saturated carbocycles. The first-order chi connectivity index (χ1) is 16.3. The van der Waals surface area contributed by atoms with Crippen LogP contribution >= 0.6 is 0 Å². The molecule has 1 aliphatic rings. The molecule has 176 valence electrons. The number of hydrogen-bond acceptors (Lipinski definition) is 5. The molecule has 0 spiro atoms. The molecule has 0 aliphatic carbocycles. The molecule has 0 unspecified atom stereocenters. The smallest absolute Gasteiger partial charge is 0.265 e. The number of carbonyl (C=O) groups is 2.